The molecule has 2 N–H and O–H groups in total. The number of hydrogen-bond acceptors (Lipinski definition) is 6. The lowest BCUT2D eigenvalue weighted by Gasteiger charge is -2.34. The lowest BCUT2D eigenvalue weighted by atomic mass is 10.2. The lowest BCUT2D eigenvalue weighted by molar-refractivity contribution is -0.159. The number of methoxy groups -OCH3 is 1. The van der Waals surface area contributed by atoms with Crippen molar-refractivity contribution in [1.29, 1.82) is 0 Å². The fraction of sp³-hybridized carbons (Fsp3) is 0.385. The Hall–Kier alpha value is -3.36. The second kappa shape index (κ2) is 14.7. The van der Waals surface area contributed by atoms with Crippen molar-refractivity contribution in [3.05, 3.63) is 65.7 Å². The van der Waals surface area contributed by atoms with E-state index in [9.17, 15) is 0 Å². The van der Waals surface area contributed by atoms with E-state index in [1.54, 1.807) is 7.11 Å². The number of ether oxygens (including phenoxy) is 2. The van der Waals surface area contributed by atoms with Gasteiger partial charge in [-0.25, -0.2) is 9.59 Å². The molecule has 34 heavy (non-hydrogen) atoms. The molecule has 1 aliphatic rings. The summed E-state index contributed by atoms with van der Waals surface area (Å²) in [6.45, 7) is 9.40. The summed E-state index contributed by atoms with van der Waals surface area (Å²) in [7, 11) is 1.69. The summed E-state index contributed by atoms with van der Waals surface area (Å²) < 4.78 is 11.4. The summed E-state index contributed by atoms with van der Waals surface area (Å²) in [6, 6.07) is 16.8. The van der Waals surface area contributed by atoms with Crippen LogP contribution in [0.4, 0.5) is 0 Å². The zero-order chi connectivity index (χ0) is 24.8. The number of carbonyl (C=O) groups is 2. The molecule has 0 aliphatic carbocycles. The molecular formula is C26H34N2O6. The second-order valence-electron chi connectivity index (χ2n) is 7.83. The smallest absolute Gasteiger partial charge is 0.414 e. The molecule has 0 amide bonds. The summed E-state index contributed by atoms with van der Waals surface area (Å²) in [5.41, 5.74) is 2.53. The lowest BCUT2D eigenvalue weighted by Crippen LogP contribution is -2.46. The van der Waals surface area contributed by atoms with E-state index in [0.717, 1.165) is 62.8 Å². The second-order valence-corrected chi connectivity index (χ2v) is 7.83. The predicted octanol–water partition coefficient (Wildman–Crippen LogP) is 3.47. The molecule has 184 valence electrons. The maximum atomic E-state index is 9.10. The first-order valence-corrected chi connectivity index (χ1v) is 11.3. The zero-order valence-electron chi connectivity index (χ0n) is 19.9. The van der Waals surface area contributed by atoms with Crippen LogP contribution in [0, 0.1) is 0 Å². The first kappa shape index (κ1) is 26.9. The minimum absolute atomic E-state index is 0.712. The van der Waals surface area contributed by atoms with Gasteiger partial charge >= 0.3 is 11.9 Å². The SMILES string of the molecule is CC=Cc1ccc(OCCCN2CCN(Cc3ccccc3)CC2)c(OC)c1.O=C(O)C(=O)O. The van der Waals surface area contributed by atoms with Gasteiger partial charge in [0.15, 0.2) is 11.5 Å². The minimum atomic E-state index is -1.82. The highest BCUT2D eigenvalue weighted by Crippen LogP contribution is 2.28. The zero-order valence-corrected chi connectivity index (χ0v) is 19.9. The number of aliphatic carboxylic acids is 2. The molecule has 3 rings (SSSR count). The Morgan fingerprint density at radius 1 is 0.941 bits per heavy atom. The molecule has 0 spiro atoms. The van der Waals surface area contributed by atoms with Crippen LogP contribution in [-0.2, 0) is 16.1 Å². The molecule has 0 unspecified atom stereocenters. The van der Waals surface area contributed by atoms with Crippen molar-refractivity contribution >= 4 is 18.0 Å². The fourth-order valence-corrected chi connectivity index (χ4v) is 3.58. The topological polar surface area (TPSA) is 99.5 Å². The average molecular weight is 471 g/mol. The van der Waals surface area contributed by atoms with Crippen LogP contribution in [0.15, 0.2) is 54.6 Å². The molecule has 2 aromatic rings. The fourth-order valence-electron chi connectivity index (χ4n) is 3.58. The van der Waals surface area contributed by atoms with Crippen molar-refractivity contribution in [3.63, 3.8) is 0 Å². The highest BCUT2D eigenvalue weighted by atomic mass is 16.5. The van der Waals surface area contributed by atoms with E-state index in [0.29, 0.717) is 6.61 Å². The molecule has 2 aromatic carbocycles. The van der Waals surface area contributed by atoms with Crippen LogP contribution < -0.4 is 9.47 Å². The highest BCUT2D eigenvalue weighted by Gasteiger charge is 2.16. The summed E-state index contributed by atoms with van der Waals surface area (Å²) in [5, 5.41) is 14.8. The quantitative estimate of drug-likeness (QED) is 0.425. The van der Waals surface area contributed by atoms with Crippen molar-refractivity contribution in [3.8, 4) is 11.5 Å². The Bertz CT molecular complexity index is 912. The van der Waals surface area contributed by atoms with Gasteiger partial charge in [-0.15, -0.1) is 0 Å². The van der Waals surface area contributed by atoms with E-state index in [-0.39, 0.29) is 0 Å². The predicted molar refractivity (Wildman–Crippen MR) is 131 cm³/mol. The number of hydrogen-bond donors (Lipinski definition) is 2. The van der Waals surface area contributed by atoms with Crippen molar-refractivity contribution in [2.24, 2.45) is 0 Å². The Balaban J connectivity index is 0.000000604. The van der Waals surface area contributed by atoms with Gasteiger partial charge in [0.1, 0.15) is 0 Å². The van der Waals surface area contributed by atoms with Gasteiger partial charge in [0.05, 0.1) is 13.7 Å². The third-order valence-electron chi connectivity index (χ3n) is 5.32. The Morgan fingerprint density at radius 2 is 1.59 bits per heavy atom. The molecule has 1 fully saturated rings. The van der Waals surface area contributed by atoms with Crippen molar-refractivity contribution in [1.82, 2.24) is 9.80 Å². The molecule has 0 saturated carbocycles. The largest absolute Gasteiger partial charge is 0.493 e. The van der Waals surface area contributed by atoms with Gasteiger partial charge in [0.2, 0.25) is 0 Å². The molecule has 0 bridgehead atoms. The molecular weight excluding hydrogens is 436 g/mol. The molecule has 1 aliphatic heterocycles. The average Bonchev–Trinajstić information content (AvgIpc) is 2.84. The molecule has 0 atom stereocenters. The van der Waals surface area contributed by atoms with E-state index in [1.807, 2.05) is 25.1 Å². The normalized spacial score (nSPS) is 14.3. The van der Waals surface area contributed by atoms with E-state index >= 15 is 0 Å². The van der Waals surface area contributed by atoms with Crippen LogP contribution in [0.3, 0.4) is 0 Å². The van der Waals surface area contributed by atoms with Crippen molar-refractivity contribution in [2.75, 3.05) is 46.4 Å². The summed E-state index contributed by atoms with van der Waals surface area (Å²) >= 11 is 0. The number of carboxylic acids is 2. The van der Waals surface area contributed by atoms with Crippen LogP contribution in [-0.4, -0.2) is 78.4 Å². The van der Waals surface area contributed by atoms with Gasteiger partial charge in [-0.05, 0) is 36.6 Å². The van der Waals surface area contributed by atoms with Gasteiger partial charge in [-0.1, -0.05) is 48.6 Å². The van der Waals surface area contributed by atoms with Gasteiger partial charge in [-0.2, -0.15) is 0 Å². The number of piperazine rings is 1. The summed E-state index contributed by atoms with van der Waals surface area (Å²) in [5.74, 6) is -2.03. The van der Waals surface area contributed by atoms with Crippen molar-refractivity contribution in [2.45, 2.75) is 19.9 Å². The minimum Gasteiger partial charge on any atom is -0.493 e. The number of allylic oxidation sites excluding steroid dienone is 1. The Labute approximate surface area is 201 Å². The first-order valence-electron chi connectivity index (χ1n) is 11.3. The molecule has 1 saturated heterocycles. The number of nitrogens with zero attached hydrogens (tertiary/aromatic N) is 2. The van der Waals surface area contributed by atoms with Crippen LogP contribution in [0.5, 0.6) is 11.5 Å². The first-order chi connectivity index (χ1) is 16.4. The van der Waals surface area contributed by atoms with Gasteiger partial charge in [0.25, 0.3) is 0 Å². The molecule has 0 aromatic heterocycles. The van der Waals surface area contributed by atoms with Crippen LogP contribution in [0.25, 0.3) is 6.08 Å². The monoisotopic (exact) mass is 470 g/mol. The molecule has 8 nitrogen and oxygen atoms in total. The van der Waals surface area contributed by atoms with Crippen LogP contribution in [0.2, 0.25) is 0 Å². The highest BCUT2D eigenvalue weighted by molar-refractivity contribution is 6.27. The van der Waals surface area contributed by atoms with E-state index in [2.05, 4.69) is 52.3 Å². The number of carboxylic acid groups (broad SMARTS) is 2. The van der Waals surface area contributed by atoms with Crippen LogP contribution in [0.1, 0.15) is 24.5 Å². The van der Waals surface area contributed by atoms with E-state index in [1.165, 1.54) is 5.56 Å². The van der Waals surface area contributed by atoms with Crippen LogP contribution >= 0.6 is 0 Å². The molecule has 1 heterocycles. The van der Waals surface area contributed by atoms with Gasteiger partial charge < -0.3 is 24.6 Å². The van der Waals surface area contributed by atoms with E-state index in [4.69, 9.17) is 29.3 Å². The maximum absolute atomic E-state index is 9.10. The van der Waals surface area contributed by atoms with Crippen molar-refractivity contribution < 1.29 is 29.3 Å². The Morgan fingerprint density at radius 3 is 2.18 bits per heavy atom. The summed E-state index contributed by atoms with van der Waals surface area (Å²) in [4.78, 5) is 23.3. The maximum Gasteiger partial charge on any atom is 0.414 e. The molecule has 8 heteroatoms. The van der Waals surface area contributed by atoms with Gasteiger partial charge in [-0.3, -0.25) is 4.90 Å². The number of benzene rings is 2. The van der Waals surface area contributed by atoms with Gasteiger partial charge in [0, 0.05) is 39.3 Å². The summed E-state index contributed by atoms with van der Waals surface area (Å²) in [6.07, 6.45) is 5.11. The standard InChI is InChI=1S/C24H32N2O2.C2H2O4/c1-3-8-21-11-12-23(24(19-21)27-2)28-18-7-13-25-14-16-26(17-15-25)20-22-9-5-4-6-10-22;3-1(4)2(5)6/h3-6,8-12,19H,7,13-18,20H2,1-2H3;(H,3,4)(H,5,6). The third-order valence-corrected chi connectivity index (χ3v) is 5.32. The third kappa shape index (κ3) is 9.64. The molecule has 0 radical (unpaired) electrons. The van der Waals surface area contributed by atoms with E-state index < -0.39 is 11.9 Å². The Kier molecular flexibility index (Phi) is 11.6. The number of rotatable bonds is 9.